The Labute approximate surface area is 68.5 Å². The maximum absolute atomic E-state index is 10.9. The Morgan fingerprint density at radius 3 is 2.73 bits per heavy atom. The van der Waals surface area contributed by atoms with Gasteiger partial charge in [0.15, 0.2) is 0 Å². The molecule has 0 atom stereocenters. The lowest BCUT2D eigenvalue weighted by Crippen LogP contribution is -2.17. The predicted octanol–water partition coefficient (Wildman–Crippen LogP) is 1.45. The summed E-state index contributed by atoms with van der Waals surface area (Å²) >= 11 is 0. The molecule has 3 heteroatoms. The van der Waals surface area contributed by atoms with Crippen LogP contribution in [0.1, 0.15) is 26.2 Å². The van der Waals surface area contributed by atoms with E-state index in [0.717, 1.165) is 24.3 Å². The molecule has 0 unspecified atom stereocenters. The lowest BCUT2D eigenvalue weighted by atomic mass is 10.2. The summed E-state index contributed by atoms with van der Waals surface area (Å²) in [6.07, 6.45) is 6.34. The standard InChI is InChI=1S/C8H17N2O/c1-2-3-4-7-10(11)8-5-6-9/h5-6H,2-4,7-9H2,1H3/q-1. The second-order valence-electron chi connectivity index (χ2n) is 2.52. The zero-order valence-corrected chi connectivity index (χ0v) is 7.12. The smallest absolute Gasteiger partial charge is 0.00593 e. The third-order valence-electron chi connectivity index (χ3n) is 1.46. The quantitative estimate of drug-likeness (QED) is 0.469. The van der Waals surface area contributed by atoms with Crippen LogP contribution in [-0.4, -0.2) is 18.2 Å². The number of hydroxylamine groups is 2. The van der Waals surface area contributed by atoms with E-state index in [4.69, 9.17) is 5.73 Å². The van der Waals surface area contributed by atoms with Gasteiger partial charge in [0.05, 0.1) is 0 Å². The highest BCUT2D eigenvalue weighted by molar-refractivity contribution is 4.80. The van der Waals surface area contributed by atoms with E-state index in [1.807, 2.05) is 0 Å². The van der Waals surface area contributed by atoms with E-state index in [-0.39, 0.29) is 0 Å². The fraction of sp³-hybridized carbons (Fsp3) is 0.750. The SMILES string of the molecule is CCCCCN([O-])CC=CN. The predicted molar refractivity (Wildman–Crippen MR) is 47.8 cm³/mol. The minimum Gasteiger partial charge on any atom is -0.785 e. The minimum atomic E-state index is 0.417. The minimum absolute atomic E-state index is 0.417. The van der Waals surface area contributed by atoms with Gasteiger partial charge < -0.3 is 16.0 Å². The van der Waals surface area contributed by atoms with Gasteiger partial charge in [0.25, 0.3) is 0 Å². The summed E-state index contributed by atoms with van der Waals surface area (Å²) < 4.78 is 0. The molecule has 11 heavy (non-hydrogen) atoms. The number of rotatable bonds is 6. The molecule has 0 bridgehead atoms. The molecule has 0 rings (SSSR count). The monoisotopic (exact) mass is 157 g/mol. The summed E-state index contributed by atoms with van der Waals surface area (Å²) in [6.45, 7) is 3.16. The van der Waals surface area contributed by atoms with Gasteiger partial charge in [0.1, 0.15) is 0 Å². The molecule has 0 spiro atoms. The van der Waals surface area contributed by atoms with Gasteiger partial charge in [0.2, 0.25) is 0 Å². The van der Waals surface area contributed by atoms with Crippen LogP contribution < -0.4 is 5.73 Å². The van der Waals surface area contributed by atoms with E-state index >= 15 is 0 Å². The molecule has 0 radical (unpaired) electrons. The largest absolute Gasteiger partial charge is 0.785 e. The van der Waals surface area contributed by atoms with E-state index in [2.05, 4.69) is 6.92 Å². The summed E-state index contributed by atoms with van der Waals surface area (Å²) in [5.41, 5.74) is 5.09. The van der Waals surface area contributed by atoms with Crippen LogP contribution in [0.5, 0.6) is 0 Å². The first kappa shape index (κ1) is 10.5. The Bertz CT molecular complexity index is 104. The molecule has 0 aromatic carbocycles. The van der Waals surface area contributed by atoms with Crippen molar-refractivity contribution in [3.05, 3.63) is 17.5 Å². The molecule has 0 saturated carbocycles. The maximum Gasteiger partial charge on any atom is 0.00593 e. The fourth-order valence-electron chi connectivity index (χ4n) is 0.808. The van der Waals surface area contributed by atoms with Crippen LogP contribution in [-0.2, 0) is 0 Å². The fourth-order valence-corrected chi connectivity index (χ4v) is 0.808. The van der Waals surface area contributed by atoms with Crippen LogP contribution in [0.25, 0.3) is 0 Å². The van der Waals surface area contributed by atoms with Crippen molar-refractivity contribution < 1.29 is 0 Å². The van der Waals surface area contributed by atoms with Crippen LogP contribution in [0.3, 0.4) is 0 Å². The highest BCUT2D eigenvalue weighted by atomic mass is 16.5. The van der Waals surface area contributed by atoms with Crippen LogP contribution in [0.15, 0.2) is 12.3 Å². The Balaban J connectivity index is 3.15. The molecule has 3 nitrogen and oxygen atoms in total. The molecule has 0 aliphatic heterocycles. The summed E-state index contributed by atoms with van der Waals surface area (Å²) in [6, 6.07) is 0. The summed E-state index contributed by atoms with van der Waals surface area (Å²) in [7, 11) is 0. The van der Waals surface area contributed by atoms with Gasteiger partial charge in [-0.2, -0.15) is 0 Å². The molecule has 2 N–H and O–H groups in total. The first-order valence-corrected chi connectivity index (χ1v) is 4.10. The van der Waals surface area contributed by atoms with Crippen molar-refractivity contribution >= 4 is 0 Å². The third-order valence-corrected chi connectivity index (χ3v) is 1.46. The van der Waals surface area contributed by atoms with Crippen molar-refractivity contribution in [2.75, 3.05) is 13.1 Å². The lowest BCUT2D eigenvalue weighted by molar-refractivity contribution is 0.401. The van der Waals surface area contributed by atoms with E-state index in [0.29, 0.717) is 13.1 Å². The van der Waals surface area contributed by atoms with Crippen LogP contribution >= 0.6 is 0 Å². The van der Waals surface area contributed by atoms with Crippen LogP contribution in [0, 0.1) is 5.21 Å². The van der Waals surface area contributed by atoms with Crippen molar-refractivity contribution in [2.24, 2.45) is 5.73 Å². The zero-order chi connectivity index (χ0) is 8.53. The number of hydrogen-bond acceptors (Lipinski definition) is 3. The van der Waals surface area contributed by atoms with Gasteiger partial charge in [-0.3, -0.25) is 0 Å². The van der Waals surface area contributed by atoms with Gasteiger partial charge in [-0.05, 0) is 19.2 Å². The van der Waals surface area contributed by atoms with Crippen molar-refractivity contribution in [2.45, 2.75) is 26.2 Å². The van der Waals surface area contributed by atoms with Gasteiger partial charge in [0, 0.05) is 6.54 Å². The first-order valence-electron chi connectivity index (χ1n) is 4.10. The molecule has 0 saturated heterocycles. The zero-order valence-electron chi connectivity index (χ0n) is 7.12. The van der Waals surface area contributed by atoms with Crippen LogP contribution in [0.2, 0.25) is 0 Å². The lowest BCUT2D eigenvalue weighted by Gasteiger charge is -2.26. The van der Waals surface area contributed by atoms with E-state index < -0.39 is 0 Å². The molecule has 0 aliphatic carbocycles. The second-order valence-corrected chi connectivity index (χ2v) is 2.52. The van der Waals surface area contributed by atoms with Gasteiger partial charge in [-0.25, -0.2) is 0 Å². The summed E-state index contributed by atoms with van der Waals surface area (Å²) in [5, 5.41) is 11.9. The molecule has 0 aliphatic rings. The molecule has 0 aromatic rings. The number of nitrogens with two attached hydrogens (primary N) is 1. The normalized spacial score (nSPS) is 11.5. The number of unbranched alkanes of at least 4 members (excludes halogenated alkanes) is 2. The number of hydrogen-bond donors (Lipinski definition) is 1. The molecular formula is C8H17N2O-. The van der Waals surface area contributed by atoms with Crippen molar-refractivity contribution in [1.29, 1.82) is 0 Å². The highest BCUT2D eigenvalue weighted by Crippen LogP contribution is 1.96. The van der Waals surface area contributed by atoms with Crippen molar-refractivity contribution in [1.82, 2.24) is 5.06 Å². The molecule has 0 aromatic heterocycles. The average molecular weight is 157 g/mol. The molecule has 0 heterocycles. The van der Waals surface area contributed by atoms with E-state index in [9.17, 15) is 5.21 Å². The van der Waals surface area contributed by atoms with Crippen molar-refractivity contribution in [3.63, 3.8) is 0 Å². The molecular weight excluding hydrogens is 140 g/mol. The summed E-state index contributed by atoms with van der Waals surface area (Å²) in [5.74, 6) is 0. The van der Waals surface area contributed by atoms with Crippen molar-refractivity contribution in [3.8, 4) is 0 Å². The Hall–Kier alpha value is -0.540. The molecule has 0 amide bonds. The maximum atomic E-state index is 10.9. The van der Waals surface area contributed by atoms with Crippen LogP contribution in [0.4, 0.5) is 0 Å². The molecule has 0 fully saturated rings. The first-order chi connectivity index (χ1) is 5.31. The molecule has 66 valence electrons. The van der Waals surface area contributed by atoms with Gasteiger partial charge >= 0.3 is 0 Å². The Kier molecular flexibility index (Phi) is 7.19. The van der Waals surface area contributed by atoms with E-state index in [1.165, 1.54) is 6.20 Å². The van der Waals surface area contributed by atoms with E-state index in [1.54, 1.807) is 6.08 Å². The number of nitrogens with zero attached hydrogens (tertiary/aromatic N) is 1. The topological polar surface area (TPSA) is 52.3 Å². The Morgan fingerprint density at radius 2 is 2.18 bits per heavy atom. The second kappa shape index (κ2) is 7.57. The van der Waals surface area contributed by atoms with Gasteiger partial charge in [-0.1, -0.05) is 25.8 Å². The van der Waals surface area contributed by atoms with Gasteiger partial charge in [-0.15, -0.1) is 0 Å². The Morgan fingerprint density at radius 1 is 1.45 bits per heavy atom. The highest BCUT2D eigenvalue weighted by Gasteiger charge is 1.87. The summed E-state index contributed by atoms with van der Waals surface area (Å²) in [4.78, 5) is 0. The third kappa shape index (κ3) is 7.36. The average Bonchev–Trinajstić information content (AvgIpc) is 2.01.